The van der Waals surface area contributed by atoms with Gasteiger partial charge in [0, 0.05) is 22.2 Å². The van der Waals surface area contributed by atoms with Crippen LogP contribution in [0.1, 0.15) is 26.7 Å². The van der Waals surface area contributed by atoms with E-state index in [1.807, 2.05) is 37.3 Å². The van der Waals surface area contributed by atoms with E-state index in [9.17, 15) is 4.79 Å². The lowest BCUT2D eigenvalue weighted by Crippen LogP contribution is -2.40. The van der Waals surface area contributed by atoms with E-state index >= 15 is 0 Å². The molecule has 6 heteroatoms. The summed E-state index contributed by atoms with van der Waals surface area (Å²) in [5, 5.41) is 6.58. The largest absolute Gasteiger partial charge is 0.487 e. The lowest BCUT2D eigenvalue weighted by Gasteiger charge is -2.22. The Kier molecular flexibility index (Phi) is 5.13. The van der Waals surface area contributed by atoms with Gasteiger partial charge in [-0.15, -0.1) is 0 Å². The summed E-state index contributed by atoms with van der Waals surface area (Å²) in [6, 6.07) is 11.4. The fourth-order valence-corrected chi connectivity index (χ4v) is 3.08. The van der Waals surface area contributed by atoms with E-state index in [4.69, 9.17) is 25.9 Å². The first-order valence-electron chi connectivity index (χ1n) is 8.31. The van der Waals surface area contributed by atoms with E-state index in [0.29, 0.717) is 35.9 Å². The van der Waals surface area contributed by atoms with Crippen LogP contribution in [0.4, 0.5) is 0 Å². The van der Waals surface area contributed by atoms with E-state index in [1.165, 1.54) is 0 Å². The second-order valence-electron chi connectivity index (χ2n) is 5.87. The first-order chi connectivity index (χ1) is 12.1. The molecule has 0 saturated heterocycles. The molecule has 25 heavy (non-hydrogen) atoms. The molecule has 1 heterocycles. The highest BCUT2D eigenvalue weighted by Crippen LogP contribution is 2.33. The first kappa shape index (κ1) is 17.5. The van der Waals surface area contributed by atoms with Gasteiger partial charge in [-0.3, -0.25) is 0 Å². The molecule has 0 saturated carbocycles. The van der Waals surface area contributed by atoms with E-state index in [1.54, 1.807) is 13.0 Å². The van der Waals surface area contributed by atoms with Gasteiger partial charge in [0.05, 0.1) is 12.3 Å². The Morgan fingerprint density at radius 1 is 1.24 bits per heavy atom. The lowest BCUT2D eigenvalue weighted by molar-refractivity contribution is -0.169. The van der Waals surface area contributed by atoms with Crippen molar-refractivity contribution in [3.8, 4) is 5.75 Å². The third-order valence-corrected chi connectivity index (χ3v) is 4.61. The van der Waals surface area contributed by atoms with E-state index in [-0.39, 0.29) is 12.6 Å². The van der Waals surface area contributed by atoms with Crippen LogP contribution in [0.5, 0.6) is 5.75 Å². The van der Waals surface area contributed by atoms with Crippen molar-refractivity contribution in [2.45, 2.75) is 32.3 Å². The van der Waals surface area contributed by atoms with Gasteiger partial charge in [0.15, 0.2) is 0 Å². The standard InChI is InChI=1S/C19H20ClNO4/c1-3-19(18(22)23-4-2)11-13(21-25-19)12-24-17-10-9-16(20)14-7-5-6-8-15(14)17/h5-10H,3-4,11-12H2,1-2H3. The average molecular weight is 362 g/mol. The third kappa shape index (κ3) is 3.42. The number of halogens is 1. The molecule has 0 bridgehead atoms. The Hall–Kier alpha value is -2.27. The molecule has 1 unspecified atom stereocenters. The molecular formula is C19H20ClNO4. The van der Waals surface area contributed by atoms with Gasteiger partial charge < -0.3 is 14.3 Å². The van der Waals surface area contributed by atoms with Crippen molar-refractivity contribution in [3.05, 3.63) is 41.4 Å². The number of ether oxygens (including phenoxy) is 2. The van der Waals surface area contributed by atoms with Crippen LogP contribution in [-0.2, 0) is 14.4 Å². The molecule has 5 nitrogen and oxygen atoms in total. The summed E-state index contributed by atoms with van der Waals surface area (Å²) in [6.07, 6.45) is 0.858. The summed E-state index contributed by atoms with van der Waals surface area (Å²) in [5.41, 5.74) is -0.356. The number of nitrogens with zero attached hydrogens (tertiary/aromatic N) is 1. The van der Waals surface area contributed by atoms with Crippen LogP contribution >= 0.6 is 11.6 Å². The normalized spacial score (nSPS) is 19.4. The van der Waals surface area contributed by atoms with Crippen LogP contribution < -0.4 is 4.74 Å². The summed E-state index contributed by atoms with van der Waals surface area (Å²) >= 11 is 6.23. The SMILES string of the molecule is CCOC(=O)C1(CC)CC(COc2ccc(Cl)c3ccccc23)=NO1. The number of oxime groups is 1. The molecule has 1 atom stereocenters. The van der Waals surface area contributed by atoms with Crippen molar-refractivity contribution in [1.82, 2.24) is 0 Å². The molecule has 1 aliphatic rings. The molecule has 0 aliphatic carbocycles. The average Bonchev–Trinajstić information content (AvgIpc) is 3.07. The maximum atomic E-state index is 12.2. The van der Waals surface area contributed by atoms with Crippen LogP contribution in [0.3, 0.4) is 0 Å². The summed E-state index contributed by atoms with van der Waals surface area (Å²) in [4.78, 5) is 17.6. The van der Waals surface area contributed by atoms with E-state index < -0.39 is 5.60 Å². The molecule has 0 spiro atoms. The highest BCUT2D eigenvalue weighted by molar-refractivity contribution is 6.35. The van der Waals surface area contributed by atoms with Gasteiger partial charge in [-0.25, -0.2) is 4.79 Å². The minimum absolute atomic E-state index is 0.243. The highest BCUT2D eigenvalue weighted by atomic mass is 35.5. The van der Waals surface area contributed by atoms with Gasteiger partial charge in [0.25, 0.3) is 0 Å². The van der Waals surface area contributed by atoms with Crippen LogP contribution in [0.15, 0.2) is 41.6 Å². The lowest BCUT2D eigenvalue weighted by atomic mass is 9.95. The van der Waals surface area contributed by atoms with Crippen molar-refractivity contribution in [3.63, 3.8) is 0 Å². The molecule has 0 fully saturated rings. The van der Waals surface area contributed by atoms with Crippen LogP contribution in [0, 0.1) is 0 Å². The number of rotatable bonds is 6. The molecular weight excluding hydrogens is 342 g/mol. The van der Waals surface area contributed by atoms with Crippen LogP contribution in [0.25, 0.3) is 10.8 Å². The smallest absolute Gasteiger partial charge is 0.353 e. The van der Waals surface area contributed by atoms with Crippen molar-refractivity contribution >= 4 is 34.1 Å². The van der Waals surface area contributed by atoms with Gasteiger partial charge in [-0.2, -0.15) is 0 Å². The molecule has 1 aliphatic heterocycles. The monoisotopic (exact) mass is 361 g/mol. The van der Waals surface area contributed by atoms with Gasteiger partial charge in [0.2, 0.25) is 5.60 Å². The first-order valence-corrected chi connectivity index (χ1v) is 8.68. The van der Waals surface area contributed by atoms with Crippen molar-refractivity contribution < 1.29 is 19.1 Å². The number of carbonyl (C=O) groups is 1. The predicted octanol–water partition coefficient (Wildman–Crippen LogP) is 4.36. The Labute approximate surface area is 151 Å². The van der Waals surface area contributed by atoms with Gasteiger partial charge in [0.1, 0.15) is 12.4 Å². The number of fused-ring (bicyclic) bond motifs is 1. The Balaban J connectivity index is 1.71. The molecule has 132 valence electrons. The second kappa shape index (κ2) is 7.31. The van der Waals surface area contributed by atoms with Crippen LogP contribution in [0.2, 0.25) is 5.02 Å². The van der Waals surface area contributed by atoms with E-state index in [2.05, 4.69) is 5.16 Å². The summed E-state index contributed by atoms with van der Waals surface area (Å²) in [5.74, 6) is 0.334. The molecule has 0 amide bonds. The fraction of sp³-hybridized carbons (Fsp3) is 0.368. The number of esters is 1. The van der Waals surface area contributed by atoms with Gasteiger partial charge in [-0.05, 0) is 25.5 Å². The quantitative estimate of drug-likeness (QED) is 0.717. The zero-order valence-corrected chi connectivity index (χ0v) is 15.0. The summed E-state index contributed by atoms with van der Waals surface area (Å²) in [7, 11) is 0. The molecule has 3 rings (SSSR count). The third-order valence-electron chi connectivity index (χ3n) is 4.28. The molecule has 0 N–H and O–H groups in total. The second-order valence-corrected chi connectivity index (χ2v) is 6.28. The number of benzene rings is 2. The molecule has 0 radical (unpaired) electrons. The minimum Gasteiger partial charge on any atom is -0.487 e. The maximum Gasteiger partial charge on any atom is 0.353 e. The Morgan fingerprint density at radius 3 is 2.72 bits per heavy atom. The van der Waals surface area contributed by atoms with Gasteiger partial charge >= 0.3 is 5.97 Å². The number of hydrogen-bond acceptors (Lipinski definition) is 5. The van der Waals surface area contributed by atoms with Crippen molar-refractivity contribution in [1.29, 1.82) is 0 Å². The summed E-state index contributed by atoms with van der Waals surface area (Å²) in [6.45, 7) is 4.20. The highest BCUT2D eigenvalue weighted by Gasteiger charge is 2.46. The zero-order valence-electron chi connectivity index (χ0n) is 14.3. The maximum absolute atomic E-state index is 12.2. The van der Waals surface area contributed by atoms with Crippen LogP contribution in [-0.4, -0.2) is 30.5 Å². The topological polar surface area (TPSA) is 57.1 Å². The molecule has 2 aromatic carbocycles. The summed E-state index contributed by atoms with van der Waals surface area (Å²) < 4.78 is 11.0. The Bertz CT molecular complexity index is 820. The predicted molar refractivity (Wildman–Crippen MR) is 97.2 cm³/mol. The number of hydrogen-bond donors (Lipinski definition) is 0. The Morgan fingerprint density at radius 2 is 2.00 bits per heavy atom. The zero-order chi connectivity index (χ0) is 17.9. The molecule has 0 aromatic heterocycles. The minimum atomic E-state index is -1.03. The van der Waals surface area contributed by atoms with Crippen molar-refractivity contribution in [2.75, 3.05) is 13.2 Å². The fourth-order valence-electron chi connectivity index (χ4n) is 2.85. The van der Waals surface area contributed by atoms with E-state index in [0.717, 1.165) is 10.8 Å². The van der Waals surface area contributed by atoms with Gasteiger partial charge in [-0.1, -0.05) is 47.9 Å². The molecule has 2 aromatic rings. The van der Waals surface area contributed by atoms with Crippen molar-refractivity contribution in [2.24, 2.45) is 5.16 Å². The number of carbonyl (C=O) groups excluding carboxylic acids is 1.